The van der Waals surface area contributed by atoms with Crippen molar-refractivity contribution in [3.05, 3.63) is 162 Å². The summed E-state index contributed by atoms with van der Waals surface area (Å²) in [5.41, 5.74) is 21.4. The lowest BCUT2D eigenvalue weighted by molar-refractivity contribution is 0.653. The minimum absolute atomic E-state index is 0.0598. The molecule has 5 aromatic rings. The van der Waals surface area contributed by atoms with Gasteiger partial charge < -0.3 is 0 Å². The van der Waals surface area contributed by atoms with Gasteiger partial charge >= 0.3 is 0 Å². The highest BCUT2D eigenvalue weighted by Gasteiger charge is 2.52. The fourth-order valence-electron chi connectivity index (χ4n) is 10.9. The highest BCUT2D eigenvalue weighted by Crippen LogP contribution is 2.55. The first-order valence-electron chi connectivity index (χ1n) is 18.7. The Morgan fingerprint density at radius 2 is 1.06 bits per heavy atom. The molecule has 0 bridgehead atoms. The van der Waals surface area contributed by atoms with Crippen LogP contribution in [0, 0.1) is 48.5 Å². The molecule has 1 atom stereocenters. The molecule has 1 unspecified atom stereocenters. The second-order valence-corrected chi connectivity index (χ2v) is 22.0. The van der Waals surface area contributed by atoms with Gasteiger partial charge in [-0.15, -0.1) is 0 Å². The van der Waals surface area contributed by atoms with E-state index in [1.807, 2.05) is 0 Å². The maximum absolute atomic E-state index is 3.81. The van der Waals surface area contributed by atoms with Gasteiger partial charge in [-0.25, -0.2) is 0 Å². The second-order valence-electron chi connectivity index (χ2n) is 17.1. The molecule has 3 aliphatic rings. The number of allylic oxidation sites excluding steroid dienone is 4. The van der Waals surface area contributed by atoms with Crippen molar-refractivity contribution in [2.75, 3.05) is 0 Å². The molecule has 0 aliphatic heterocycles. The number of rotatable bonds is 4. The Morgan fingerprint density at radius 3 is 1.65 bits per heavy atom. The van der Waals surface area contributed by atoms with Gasteiger partial charge in [-0.05, 0) is 133 Å². The summed E-state index contributed by atoms with van der Waals surface area (Å²) in [5.74, 6) is 0. The zero-order valence-corrected chi connectivity index (χ0v) is 34.9. The molecule has 0 fully saturated rings. The van der Waals surface area contributed by atoms with Gasteiger partial charge in [-0.2, -0.15) is 0 Å². The maximum Gasteiger partial charge on any atom is 0.156 e. The molecule has 8 rings (SSSR count). The van der Waals surface area contributed by atoms with Crippen molar-refractivity contribution in [1.29, 1.82) is 0 Å². The fraction of sp³-hybridized carbons (Fsp3) is 0.306. The Labute approximate surface area is 315 Å². The average Bonchev–Trinajstić information content (AvgIpc) is 3.41. The van der Waals surface area contributed by atoms with Crippen LogP contribution in [0.2, 0.25) is 5.54 Å². The number of halogens is 1. The molecule has 0 N–H and O–H groups in total. The molecule has 0 saturated heterocycles. The molecule has 3 aliphatic carbocycles. The molecule has 258 valence electrons. The van der Waals surface area contributed by atoms with Crippen LogP contribution in [0.15, 0.2) is 101 Å². The molecule has 0 saturated carbocycles. The van der Waals surface area contributed by atoms with Crippen molar-refractivity contribution in [1.82, 2.24) is 0 Å². The van der Waals surface area contributed by atoms with Crippen molar-refractivity contribution in [2.24, 2.45) is 0 Å². The van der Waals surface area contributed by atoms with Gasteiger partial charge in [-0.1, -0.05) is 161 Å². The zero-order valence-electron chi connectivity index (χ0n) is 32.3. The summed E-state index contributed by atoms with van der Waals surface area (Å²) in [4.78, 5) is 0. The molecule has 0 spiro atoms. The van der Waals surface area contributed by atoms with Crippen LogP contribution in [0.4, 0.5) is 0 Å². The van der Waals surface area contributed by atoms with Gasteiger partial charge in [0.2, 0.25) is 0 Å². The van der Waals surface area contributed by atoms with Gasteiger partial charge in [0.05, 0.1) is 0 Å². The predicted molar refractivity (Wildman–Crippen MR) is 226 cm³/mol. The van der Waals surface area contributed by atoms with E-state index in [-0.39, 0.29) is 10.8 Å². The van der Waals surface area contributed by atoms with Gasteiger partial charge in [0.15, 0.2) is 8.07 Å². The zero-order chi connectivity index (χ0) is 36.4. The highest BCUT2D eigenvalue weighted by molar-refractivity contribution is 9.10. The molecule has 0 radical (unpaired) electrons. The Bertz CT molecular complexity index is 2270. The molecule has 0 nitrogen and oxygen atoms in total. The number of fused-ring (bicyclic) bond motifs is 6. The van der Waals surface area contributed by atoms with E-state index in [1.165, 1.54) is 88.7 Å². The van der Waals surface area contributed by atoms with E-state index in [2.05, 4.69) is 183 Å². The number of hydrogen-bond donors (Lipinski definition) is 0. The molecular weight excluding hydrogens is 697 g/mol. The summed E-state index contributed by atoms with van der Waals surface area (Å²) < 4.78 is 1.15. The van der Waals surface area contributed by atoms with Crippen molar-refractivity contribution in [2.45, 2.75) is 99.0 Å². The van der Waals surface area contributed by atoms with Crippen molar-refractivity contribution < 1.29 is 0 Å². The second kappa shape index (κ2) is 11.6. The predicted octanol–water partition coefficient (Wildman–Crippen LogP) is 11.5. The summed E-state index contributed by atoms with van der Waals surface area (Å²) in [6, 6.07) is 31.6. The third-order valence-electron chi connectivity index (χ3n) is 12.8. The molecule has 51 heavy (non-hydrogen) atoms. The van der Waals surface area contributed by atoms with E-state index in [4.69, 9.17) is 0 Å². The third kappa shape index (κ3) is 4.89. The first-order valence-corrected chi connectivity index (χ1v) is 21.6. The summed E-state index contributed by atoms with van der Waals surface area (Å²) in [5, 5.41) is 4.73. The highest BCUT2D eigenvalue weighted by atomic mass is 79.9. The molecule has 5 aromatic carbocycles. The van der Waals surface area contributed by atoms with E-state index in [1.54, 1.807) is 10.4 Å². The smallest absolute Gasteiger partial charge is 0.0781 e. The van der Waals surface area contributed by atoms with Crippen molar-refractivity contribution in [3.63, 3.8) is 0 Å². The fourth-order valence-corrected chi connectivity index (χ4v) is 17.7. The topological polar surface area (TPSA) is 0 Å². The summed E-state index contributed by atoms with van der Waals surface area (Å²) in [7, 11) is -2.83. The molecule has 2 heteroatoms. The first-order chi connectivity index (χ1) is 24.1. The Balaban J connectivity index is 1.50. The molecular formula is C49H51BrSi. The van der Waals surface area contributed by atoms with Crippen LogP contribution >= 0.6 is 15.9 Å². The largest absolute Gasteiger partial charge is 0.156 e. The SMILES string of the molecule is Cc1cc(C)c([Si](c2ccc3c(c2)C(C)(C)c2cc(Br)ccc2-3)(c2c(C)cc(C)cc2C)C2C=C3C(=CC2)c2ccc(C)cc2C3(C)C)c(C)c1. The number of benzene rings is 5. The minimum Gasteiger partial charge on any atom is -0.0781 e. The summed E-state index contributed by atoms with van der Waals surface area (Å²) in [6.07, 6.45) is 6.45. The number of hydrogen-bond acceptors (Lipinski definition) is 0. The van der Waals surface area contributed by atoms with E-state index in [0.29, 0.717) is 5.54 Å². The number of aryl methyl sites for hydroxylation is 7. The summed E-state index contributed by atoms with van der Waals surface area (Å²) in [6.45, 7) is 26.1. The van der Waals surface area contributed by atoms with Crippen LogP contribution in [0.5, 0.6) is 0 Å². The van der Waals surface area contributed by atoms with Crippen molar-refractivity contribution in [3.8, 4) is 11.1 Å². The maximum atomic E-state index is 3.81. The lowest BCUT2D eigenvalue weighted by atomic mass is 9.80. The Hall–Kier alpha value is -3.72. The van der Waals surface area contributed by atoms with Crippen LogP contribution in [0.3, 0.4) is 0 Å². The third-order valence-corrected chi connectivity index (χ3v) is 19.2. The van der Waals surface area contributed by atoms with Crippen LogP contribution in [-0.2, 0) is 10.8 Å². The van der Waals surface area contributed by atoms with Gasteiger partial charge in [0.25, 0.3) is 0 Å². The normalized spacial score (nSPS) is 18.1. The Kier molecular flexibility index (Phi) is 7.84. The summed E-state index contributed by atoms with van der Waals surface area (Å²) >= 11 is 3.81. The van der Waals surface area contributed by atoms with Crippen LogP contribution in [0.25, 0.3) is 16.7 Å². The minimum atomic E-state index is -2.83. The van der Waals surface area contributed by atoms with Crippen LogP contribution in [0.1, 0.15) is 95.3 Å². The molecule has 0 aromatic heterocycles. The molecule has 0 heterocycles. The van der Waals surface area contributed by atoms with Gasteiger partial charge in [-0.3, -0.25) is 0 Å². The van der Waals surface area contributed by atoms with Gasteiger partial charge in [0, 0.05) is 15.3 Å². The average molecular weight is 748 g/mol. The van der Waals surface area contributed by atoms with E-state index < -0.39 is 8.07 Å². The standard InChI is InChI=1S/C49H51BrSi/c1-28-12-16-38-40-18-14-36(26-44(40)48(8,9)42(38)24-28)51(46-31(4)20-29(2)21-32(46)5,47-33(6)22-30(3)23-34(47)7)37-15-19-41-39-17-13-35(50)25-43(39)49(10,11)45(41)27-37/h12-13,15-27,36H,14H2,1-11H3. The van der Waals surface area contributed by atoms with E-state index in [0.717, 1.165) is 10.9 Å². The van der Waals surface area contributed by atoms with Gasteiger partial charge in [0.1, 0.15) is 0 Å². The lowest BCUT2D eigenvalue weighted by Crippen LogP contribution is -2.72. The van der Waals surface area contributed by atoms with E-state index in [9.17, 15) is 0 Å². The van der Waals surface area contributed by atoms with E-state index >= 15 is 0 Å². The first kappa shape index (κ1) is 34.4. The molecule has 0 amide bonds. The lowest BCUT2D eigenvalue weighted by Gasteiger charge is -2.45. The quantitative estimate of drug-likeness (QED) is 0.127. The van der Waals surface area contributed by atoms with Crippen LogP contribution in [-0.4, -0.2) is 8.07 Å². The van der Waals surface area contributed by atoms with Crippen LogP contribution < -0.4 is 15.6 Å². The Morgan fingerprint density at radius 1 is 0.549 bits per heavy atom. The van der Waals surface area contributed by atoms with Crippen molar-refractivity contribution >= 4 is 45.1 Å². The monoisotopic (exact) mass is 746 g/mol.